The number of thioether (sulfide) groups is 2. The van der Waals surface area contributed by atoms with Crippen LogP contribution in [0.4, 0.5) is 0 Å². The molecule has 0 unspecified atom stereocenters. The van der Waals surface area contributed by atoms with E-state index in [-0.39, 0.29) is 11.5 Å². The second kappa shape index (κ2) is 8.39. The summed E-state index contributed by atoms with van der Waals surface area (Å²) in [6.45, 7) is 4.00. The van der Waals surface area contributed by atoms with Crippen LogP contribution >= 0.6 is 23.5 Å². The summed E-state index contributed by atoms with van der Waals surface area (Å²) in [6, 6.07) is 7.24. The van der Waals surface area contributed by atoms with Gasteiger partial charge in [-0.1, -0.05) is 25.6 Å². The Balaban J connectivity index is 2.12. The van der Waals surface area contributed by atoms with Crippen molar-refractivity contribution in [1.29, 1.82) is 0 Å². The Hall–Kier alpha value is -1.93. The number of methoxy groups -OCH3 is 2. The zero-order chi connectivity index (χ0) is 19.6. The van der Waals surface area contributed by atoms with Gasteiger partial charge in [0.15, 0.2) is 5.16 Å². The number of esters is 1. The second-order valence-electron chi connectivity index (χ2n) is 6.18. The highest BCUT2D eigenvalue weighted by Crippen LogP contribution is 2.36. The van der Waals surface area contributed by atoms with Crippen molar-refractivity contribution in [3.63, 3.8) is 0 Å². The molecular formula is C19H22N2O4S2. The molecule has 0 saturated heterocycles. The third-order valence-corrected chi connectivity index (χ3v) is 6.80. The summed E-state index contributed by atoms with van der Waals surface area (Å²) in [5.74, 6) is 0.389. The Bertz CT molecular complexity index is 896. The average molecular weight is 407 g/mol. The number of aromatic nitrogens is 2. The molecule has 2 aromatic rings. The molecule has 1 aromatic heterocycles. The molecule has 0 aliphatic carbocycles. The van der Waals surface area contributed by atoms with Gasteiger partial charge in [0.1, 0.15) is 11.0 Å². The molecule has 0 saturated carbocycles. The van der Waals surface area contributed by atoms with E-state index in [4.69, 9.17) is 14.5 Å². The summed E-state index contributed by atoms with van der Waals surface area (Å²) in [7, 11) is 2.97. The minimum absolute atomic E-state index is 0.0956. The van der Waals surface area contributed by atoms with E-state index in [1.54, 1.807) is 35.6 Å². The highest BCUT2D eigenvalue weighted by Gasteiger charge is 2.29. The molecule has 3 rings (SSSR count). The van der Waals surface area contributed by atoms with E-state index in [9.17, 15) is 9.59 Å². The van der Waals surface area contributed by atoms with Crippen LogP contribution in [0.2, 0.25) is 0 Å². The fraction of sp³-hybridized carbons (Fsp3) is 0.421. The number of hydrogen-bond donors (Lipinski definition) is 0. The first-order valence-electron chi connectivity index (χ1n) is 8.70. The van der Waals surface area contributed by atoms with Crippen LogP contribution in [0.15, 0.2) is 39.1 Å². The van der Waals surface area contributed by atoms with Crippen LogP contribution in [0.3, 0.4) is 0 Å². The van der Waals surface area contributed by atoms with Crippen molar-refractivity contribution in [2.75, 3.05) is 14.2 Å². The van der Waals surface area contributed by atoms with Crippen molar-refractivity contribution in [3.8, 4) is 11.4 Å². The number of benzene rings is 1. The van der Waals surface area contributed by atoms with Crippen LogP contribution in [0, 0.1) is 0 Å². The van der Waals surface area contributed by atoms with Crippen LogP contribution < -0.4 is 10.3 Å². The minimum atomic E-state index is -0.420. The van der Waals surface area contributed by atoms with Gasteiger partial charge in [-0.2, -0.15) is 0 Å². The lowest BCUT2D eigenvalue weighted by atomic mass is 10.2. The van der Waals surface area contributed by atoms with E-state index in [1.807, 2.05) is 19.1 Å². The molecule has 2 atom stereocenters. The van der Waals surface area contributed by atoms with E-state index < -0.39 is 5.25 Å². The van der Waals surface area contributed by atoms with Crippen LogP contribution in [0.25, 0.3) is 5.69 Å². The summed E-state index contributed by atoms with van der Waals surface area (Å²) in [5.41, 5.74) is 1.41. The second-order valence-corrected chi connectivity index (χ2v) is 8.80. The van der Waals surface area contributed by atoms with Gasteiger partial charge in [0.2, 0.25) is 0 Å². The number of nitrogens with zero attached hydrogens (tertiary/aromatic N) is 2. The van der Waals surface area contributed by atoms with Crippen molar-refractivity contribution in [2.24, 2.45) is 0 Å². The maximum atomic E-state index is 13.2. The van der Waals surface area contributed by atoms with Gasteiger partial charge in [-0.15, -0.1) is 11.8 Å². The minimum Gasteiger partial charge on any atom is -0.497 e. The SMILES string of the molecule is CC[C@@H](Sc1nc2c(c(=O)n1-c1ccc(OC)cc1)S[C@@H](C)C2)C(=O)OC. The molecule has 1 aromatic carbocycles. The molecule has 2 heterocycles. The Morgan fingerprint density at radius 3 is 2.67 bits per heavy atom. The molecule has 0 spiro atoms. The lowest BCUT2D eigenvalue weighted by molar-refractivity contribution is -0.140. The van der Waals surface area contributed by atoms with Gasteiger partial charge in [-0.3, -0.25) is 14.2 Å². The number of carbonyl (C=O) groups excluding carboxylic acids is 1. The fourth-order valence-electron chi connectivity index (χ4n) is 2.89. The van der Waals surface area contributed by atoms with Crippen molar-refractivity contribution in [1.82, 2.24) is 9.55 Å². The number of rotatable bonds is 6. The Labute approximate surface area is 166 Å². The van der Waals surface area contributed by atoms with Gasteiger partial charge >= 0.3 is 5.97 Å². The fourth-order valence-corrected chi connectivity index (χ4v) is 5.07. The molecule has 0 radical (unpaired) electrons. The molecule has 144 valence electrons. The number of carbonyl (C=O) groups is 1. The Morgan fingerprint density at radius 1 is 1.37 bits per heavy atom. The first-order valence-corrected chi connectivity index (χ1v) is 10.5. The van der Waals surface area contributed by atoms with E-state index in [0.717, 1.165) is 12.1 Å². The largest absolute Gasteiger partial charge is 0.497 e. The maximum absolute atomic E-state index is 13.2. The first-order chi connectivity index (χ1) is 13.0. The third-order valence-electron chi connectivity index (χ3n) is 4.29. The van der Waals surface area contributed by atoms with Gasteiger partial charge in [-0.05, 0) is 30.7 Å². The van der Waals surface area contributed by atoms with E-state index >= 15 is 0 Å². The molecular weight excluding hydrogens is 384 g/mol. The molecule has 0 bridgehead atoms. The van der Waals surface area contributed by atoms with Crippen molar-refractivity contribution < 1.29 is 14.3 Å². The maximum Gasteiger partial charge on any atom is 0.319 e. The number of fused-ring (bicyclic) bond motifs is 1. The Kier molecular flexibility index (Phi) is 6.16. The first kappa shape index (κ1) is 19.8. The summed E-state index contributed by atoms with van der Waals surface area (Å²) in [6.07, 6.45) is 1.33. The van der Waals surface area contributed by atoms with Crippen LogP contribution in [-0.2, 0) is 16.0 Å². The highest BCUT2D eigenvalue weighted by atomic mass is 32.2. The van der Waals surface area contributed by atoms with Crippen molar-refractivity contribution in [2.45, 2.75) is 47.2 Å². The zero-order valence-electron chi connectivity index (χ0n) is 15.7. The molecule has 0 N–H and O–H groups in total. The third kappa shape index (κ3) is 4.01. The van der Waals surface area contributed by atoms with Gasteiger partial charge in [0, 0.05) is 11.7 Å². The lowest BCUT2D eigenvalue weighted by Crippen LogP contribution is -2.26. The van der Waals surface area contributed by atoms with E-state index in [2.05, 4.69) is 6.92 Å². The molecule has 1 aliphatic heterocycles. The molecule has 1 aliphatic rings. The smallest absolute Gasteiger partial charge is 0.319 e. The topological polar surface area (TPSA) is 70.4 Å². The van der Waals surface area contributed by atoms with Gasteiger partial charge in [0.25, 0.3) is 5.56 Å². The molecule has 8 heteroatoms. The van der Waals surface area contributed by atoms with Crippen molar-refractivity contribution >= 4 is 29.5 Å². The van der Waals surface area contributed by atoms with E-state index in [1.165, 1.54) is 18.9 Å². The van der Waals surface area contributed by atoms with Crippen LogP contribution in [0.5, 0.6) is 5.75 Å². The summed E-state index contributed by atoms with van der Waals surface area (Å²) < 4.78 is 11.7. The monoisotopic (exact) mass is 406 g/mol. The zero-order valence-corrected chi connectivity index (χ0v) is 17.4. The molecule has 0 amide bonds. The molecule has 0 fully saturated rings. The standard InChI is InChI=1S/C19H22N2O4S2/c1-5-15(18(23)25-4)27-19-20-14-10-11(2)26-16(14)17(22)21(19)12-6-8-13(24-3)9-7-12/h6-9,11,15H,5,10H2,1-4H3/t11-,15+/m0/s1. The van der Waals surface area contributed by atoms with E-state index in [0.29, 0.717) is 33.2 Å². The lowest BCUT2D eigenvalue weighted by Gasteiger charge is -2.17. The predicted octanol–water partition coefficient (Wildman–Crippen LogP) is 3.32. The predicted molar refractivity (Wildman–Crippen MR) is 107 cm³/mol. The highest BCUT2D eigenvalue weighted by molar-refractivity contribution is 8.00. The van der Waals surface area contributed by atoms with Gasteiger partial charge < -0.3 is 9.47 Å². The Morgan fingerprint density at radius 2 is 2.07 bits per heavy atom. The van der Waals surface area contributed by atoms with Crippen molar-refractivity contribution in [3.05, 3.63) is 40.3 Å². The quantitative estimate of drug-likeness (QED) is 0.414. The molecule has 27 heavy (non-hydrogen) atoms. The number of ether oxygens (including phenoxy) is 2. The normalized spacial score (nSPS) is 16.7. The summed E-state index contributed by atoms with van der Waals surface area (Å²) in [4.78, 5) is 30.7. The summed E-state index contributed by atoms with van der Waals surface area (Å²) in [5, 5.41) is 0.402. The van der Waals surface area contributed by atoms with Crippen LogP contribution in [0.1, 0.15) is 26.0 Å². The summed E-state index contributed by atoms with van der Waals surface area (Å²) >= 11 is 2.83. The van der Waals surface area contributed by atoms with Gasteiger partial charge in [-0.25, -0.2) is 4.98 Å². The molecule has 6 nitrogen and oxygen atoms in total. The average Bonchev–Trinajstić information content (AvgIpc) is 3.06. The van der Waals surface area contributed by atoms with Crippen LogP contribution in [-0.4, -0.2) is 40.2 Å². The number of hydrogen-bond acceptors (Lipinski definition) is 7. The van der Waals surface area contributed by atoms with Gasteiger partial charge in [0.05, 0.1) is 30.5 Å².